The van der Waals surface area contributed by atoms with Crippen LogP contribution in [0.1, 0.15) is 35.1 Å². The zero-order valence-electron chi connectivity index (χ0n) is 16.1. The summed E-state index contributed by atoms with van der Waals surface area (Å²) in [4.78, 5) is 27.1. The van der Waals surface area contributed by atoms with Crippen LogP contribution in [0.15, 0.2) is 48.5 Å². The number of carbonyl (C=O) groups is 2. The van der Waals surface area contributed by atoms with Crippen molar-refractivity contribution >= 4 is 11.8 Å². The molecule has 146 valence electrons. The number of hydrogen-bond acceptors (Lipinski definition) is 3. The summed E-state index contributed by atoms with van der Waals surface area (Å²) >= 11 is 0. The van der Waals surface area contributed by atoms with E-state index in [4.69, 9.17) is 0 Å². The van der Waals surface area contributed by atoms with Crippen molar-refractivity contribution in [2.45, 2.75) is 38.9 Å². The van der Waals surface area contributed by atoms with E-state index in [1.807, 2.05) is 35.2 Å². The van der Waals surface area contributed by atoms with Crippen molar-refractivity contribution in [2.75, 3.05) is 13.1 Å². The topological polar surface area (TPSA) is 61.4 Å². The first-order valence-corrected chi connectivity index (χ1v) is 10.1. The lowest BCUT2D eigenvalue weighted by Gasteiger charge is -2.32. The third-order valence-electron chi connectivity index (χ3n) is 5.71. The van der Waals surface area contributed by atoms with Crippen molar-refractivity contribution in [3.8, 4) is 0 Å². The number of amides is 2. The Morgan fingerprint density at radius 1 is 1.04 bits per heavy atom. The maximum absolute atomic E-state index is 12.7. The Morgan fingerprint density at radius 3 is 2.71 bits per heavy atom. The minimum absolute atomic E-state index is 0.0517. The summed E-state index contributed by atoms with van der Waals surface area (Å²) in [6.07, 6.45) is 2.12. The Morgan fingerprint density at radius 2 is 1.86 bits per heavy atom. The standard InChI is InChI=1S/C23H27N3O2/c27-22(12-17-5-2-1-3-6-17)26-10-4-7-20(16-26)23(28)25-13-18-8-9-19-14-24-15-21(19)11-18/h1-3,5-6,8-9,11,20,24H,4,7,10,12-16H2,(H,25,28). The fourth-order valence-electron chi connectivity index (χ4n) is 4.09. The van der Waals surface area contributed by atoms with Gasteiger partial charge in [0.05, 0.1) is 12.3 Å². The Hall–Kier alpha value is -2.66. The van der Waals surface area contributed by atoms with Crippen LogP contribution in [-0.2, 0) is 35.6 Å². The second-order valence-corrected chi connectivity index (χ2v) is 7.77. The first-order valence-electron chi connectivity index (χ1n) is 10.1. The lowest BCUT2D eigenvalue weighted by molar-refractivity contribution is -0.135. The fraction of sp³-hybridized carbons (Fsp3) is 0.391. The number of likely N-dealkylation sites (tertiary alicyclic amines) is 1. The highest BCUT2D eigenvalue weighted by atomic mass is 16.2. The molecule has 2 heterocycles. The molecule has 2 N–H and O–H groups in total. The van der Waals surface area contributed by atoms with E-state index in [0.717, 1.165) is 43.6 Å². The van der Waals surface area contributed by atoms with E-state index in [-0.39, 0.29) is 17.7 Å². The van der Waals surface area contributed by atoms with Gasteiger partial charge in [-0.25, -0.2) is 0 Å². The highest BCUT2D eigenvalue weighted by Gasteiger charge is 2.28. The number of fused-ring (bicyclic) bond motifs is 1. The van der Waals surface area contributed by atoms with Crippen molar-refractivity contribution in [1.82, 2.24) is 15.5 Å². The molecular formula is C23H27N3O2. The molecule has 0 bridgehead atoms. The van der Waals surface area contributed by atoms with Crippen molar-refractivity contribution in [3.05, 3.63) is 70.8 Å². The predicted octanol–water partition coefficient (Wildman–Crippen LogP) is 2.39. The van der Waals surface area contributed by atoms with Crippen molar-refractivity contribution in [2.24, 2.45) is 5.92 Å². The van der Waals surface area contributed by atoms with Gasteiger partial charge >= 0.3 is 0 Å². The third kappa shape index (κ3) is 4.42. The van der Waals surface area contributed by atoms with E-state index >= 15 is 0 Å². The number of nitrogens with one attached hydrogen (secondary N) is 2. The van der Waals surface area contributed by atoms with Crippen LogP contribution in [0, 0.1) is 5.92 Å². The van der Waals surface area contributed by atoms with E-state index in [0.29, 0.717) is 19.5 Å². The molecule has 1 unspecified atom stereocenters. The summed E-state index contributed by atoms with van der Waals surface area (Å²) < 4.78 is 0. The minimum atomic E-state index is -0.121. The number of carbonyl (C=O) groups excluding carboxylic acids is 2. The van der Waals surface area contributed by atoms with E-state index < -0.39 is 0 Å². The lowest BCUT2D eigenvalue weighted by atomic mass is 9.96. The Balaban J connectivity index is 1.30. The summed E-state index contributed by atoms with van der Waals surface area (Å²) in [7, 11) is 0. The smallest absolute Gasteiger partial charge is 0.227 e. The molecule has 2 aromatic carbocycles. The van der Waals surface area contributed by atoms with Crippen LogP contribution >= 0.6 is 0 Å². The summed E-state index contributed by atoms with van der Waals surface area (Å²) in [6.45, 7) is 3.63. The van der Waals surface area contributed by atoms with Gasteiger partial charge in [-0.2, -0.15) is 0 Å². The SMILES string of the molecule is O=C(NCc1ccc2c(c1)CNC2)C1CCCN(C(=O)Cc2ccccc2)C1. The molecule has 0 spiro atoms. The van der Waals surface area contributed by atoms with Gasteiger partial charge in [-0.05, 0) is 35.1 Å². The van der Waals surface area contributed by atoms with Gasteiger partial charge in [-0.3, -0.25) is 9.59 Å². The van der Waals surface area contributed by atoms with E-state index in [9.17, 15) is 9.59 Å². The Bertz CT molecular complexity index is 850. The van der Waals surface area contributed by atoms with Crippen LogP contribution in [0.25, 0.3) is 0 Å². The van der Waals surface area contributed by atoms with Crippen LogP contribution < -0.4 is 10.6 Å². The van der Waals surface area contributed by atoms with Crippen LogP contribution in [-0.4, -0.2) is 29.8 Å². The van der Waals surface area contributed by atoms with Crippen molar-refractivity contribution in [1.29, 1.82) is 0 Å². The van der Waals surface area contributed by atoms with E-state index in [1.165, 1.54) is 11.1 Å². The molecule has 2 amide bonds. The average Bonchev–Trinajstić information content (AvgIpc) is 3.20. The summed E-state index contributed by atoms with van der Waals surface area (Å²) in [5.74, 6) is 0.0372. The normalized spacial score (nSPS) is 18.6. The number of piperidine rings is 1. The van der Waals surface area contributed by atoms with Crippen molar-refractivity contribution in [3.63, 3.8) is 0 Å². The number of rotatable bonds is 5. The lowest BCUT2D eigenvalue weighted by Crippen LogP contribution is -2.45. The van der Waals surface area contributed by atoms with Gasteiger partial charge in [-0.1, -0.05) is 48.5 Å². The molecule has 1 fully saturated rings. The largest absolute Gasteiger partial charge is 0.352 e. The molecule has 1 atom stereocenters. The van der Waals surface area contributed by atoms with Crippen molar-refractivity contribution < 1.29 is 9.59 Å². The third-order valence-corrected chi connectivity index (χ3v) is 5.71. The molecule has 2 aliphatic rings. The molecule has 0 aliphatic carbocycles. The first kappa shape index (κ1) is 18.7. The predicted molar refractivity (Wildman–Crippen MR) is 108 cm³/mol. The van der Waals surface area contributed by atoms with Gasteiger partial charge in [0, 0.05) is 32.7 Å². The fourth-order valence-corrected chi connectivity index (χ4v) is 4.09. The molecule has 0 radical (unpaired) electrons. The van der Waals surface area contributed by atoms with Crippen LogP contribution in [0.3, 0.4) is 0 Å². The second kappa shape index (κ2) is 8.57. The van der Waals surface area contributed by atoms with Crippen LogP contribution in [0.5, 0.6) is 0 Å². The van der Waals surface area contributed by atoms with Gasteiger partial charge in [0.15, 0.2) is 0 Å². The molecule has 5 heteroatoms. The monoisotopic (exact) mass is 377 g/mol. The highest BCUT2D eigenvalue weighted by Crippen LogP contribution is 2.19. The molecule has 0 aromatic heterocycles. The molecule has 1 saturated heterocycles. The highest BCUT2D eigenvalue weighted by molar-refractivity contribution is 5.82. The Kier molecular flexibility index (Phi) is 5.72. The molecule has 0 saturated carbocycles. The zero-order chi connectivity index (χ0) is 19.3. The summed E-state index contributed by atoms with van der Waals surface area (Å²) in [5.41, 5.74) is 4.81. The number of benzene rings is 2. The zero-order valence-corrected chi connectivity index (χ0v) is 16.1. The van der Waals surface area contributed by atoms with Gasteiger partial charge in [-0.15, -0.1) is 0 Å². The van der Waals surface area contributed by atoms with Gasteiger partial charge in [0.25, 0.3) is 0 Å². The second-order valence-electron chi connectivity index (χ2n) is 7.77. The summed E-state index contributed by atoms with van der Waals surface area (Å²) in [6, 6.07) is 16.2. The average molecular weight is 377 g/mol. The maximum atomic E-state index is 12.7. The molecule has 5 nitrogen and oxygen atoms in total. The van der Waals surface area contributed by atoms with Crippen LogP contribution in [0.4, 0.5) is 0 Å². The molecule has 2 aliphatic heterocycles. The maximum Gasteiger partial charge on any atom is 0.227 e. The minimum Gasteiger partial charge on any atom is -0.352 e. The molecule has 4 rings (SSSR count). The first-order chi connectivity index (χ1) is 13.7. The van der Waals surface area contributed by atoms with Gasteiger partial charge in [0.1, 0.15) is 0 Å². The Labute approximate surface area is 166 Å². The number of nitrogens with zero attached hydrogens (tertiary/aromatic N) is 1. The molecule has 28 heavy (non-hydrogen) atoms. The number of hydrogen-bond donors (Lipinski definition) is 2. The summed E-state index contributed by atoms with van der Waals surface area (Å²) in [5, 5.41) is 6.41. The van der Waals surface area contributed by atoms with Gasteiger partial charge in [0.2, 0.25) is 11.8 Å². The molecule has 2 aromatic rings. The van der Waals surface area contributed by atoms with E-state index in [2.05, 4.69) is 28.8 Å². The van der Waals surface area contributed by atoms with E-state index in [1.54, 1.807) is 0 Å². The molecular weight excluding hydrogens is 350 g/mol. The quantitative estimate of drug-likeness (QED) is 0.841. The van der Waals surface area contributed by atoms with Gasteiger partial charge < -0.3 is 15.5 Å². The van der Waals surface area contributed by atoms with Crippen LogP contribution in [0.2, 0.25) is 0 Å².